The van der Waals surface area contributed by atoms with Crippen LogP contribution >= 0.6 is 7.60 Å². The largest absolute Gasteiger partial charge is 0.463 e. The van der Waals surface area contributed by atoms with Crippen molar-refractivity contribution in [3.05, 3.63) is 65.0 Å². The van der Waals surface area contributed by atoms with Crippen molar-refractivity contribution in [1.82, 2.24) is 19.5 Å². The number of aryl methyl sites for hydroxylation is 1. The van der Waals surface area contributed by atoms with E-state index >= 15 is 0 Å². The third-order valence-electron chi connectivity index (χ3n) is 6.74. The number of benzene rings is 2. The summed E-state index contributed by atoms with van der Waals surface area (Å²) in [6.45, 7) is 6.46. The second kappa shape index (κ2) is 11.7. The zero-order valence-electron chi connectivity index (χ0n) is 23.2. The van der Waals surface area contributed by atoms with Crippen LogP contribution in [-0.2, 0) is 23.4 Å². The summed E-state index contributed by atoms with van der Waals surface area (Å²) in [5.74, 6) is -0.546. The van der Waals surface area contributed by atoms with Crippen LogP contribution in [0.15, 0.2) is 53.6 Å². The molecule has 2 unspecified atom stereocenters. The monoisotopic (exact) mass is 584 g/mol. The molecule has 1 fully saturated rings. The lowest BCUT2D eigenvalue weighted by Gasteiger charge is -2.25. The molecule has 5 rings (SSSR count). The normalized spacial score (nSPS) is 21.3. The Bertz CT molecular complexity index is 1660. The number of nitrogens with zero attached hydrogens (tertiary/aromatic N) is 3. The summed E-state index contributed by atoms with van der Waals surface area (Å²) in [4.78, 5) is 35.9. The van der Waals surface area contributed by atoms with E-state index in [2.05, 4.69) is 15.0 Å². The van der Waals surface area contributed by atoms with Crippen LogP contribution in [0.2, 0.25) is 0 Å². The van der Waals surface area contributed by atoms with Crippen molar-refractivity contribution in [2.24, 2.45) is 5.92 Å². The maximum absolute atomic E-state index is 14.2. The van der Waals surface area contributed by atoms with Crippen LogP contribution < -0.4 is 10.1 Å². The van der Waals surface area contributed by atoms with E-state index < -0.39 is 37.9 Å². The lowest BCUT2D eigenvalue weighted by atomic mass is 10.1. The van der Waals surface area contributed by atoms with Gasteiger partial charge in [0.25, 0.3) is 5.56 Å². The second-order valence-corrected chi connectivity index (χ2v) is 12.5. The molecule has 0 saturated carbocycles. The minimum atomic E-state index is -3.98. The maximum atomic E-state index is 14.2. The number of imidazole rings is 1. The molecule has 2 aromatic carbocycles. The van der Waals surface area contributed by atoms with Crippen molar-refractivity contribution in [3.8, 4) is 5.75 Å². The number of aliphatic hydroxyl groups is 1. The summed E-state index contributed by atoms with van der Waals surface area (Å²) in [5, 5.41) is 12.4. The fourth-order valence-corrected chi connectivity index (χ4v) is 6.65. The average Bonchev–Trinajstić information content (AvgIpc) is 3.50. The molecule has 2 aromatic heterocycles. The molecule has 0 amide bonds. The number of esters is 1. The first kappa shape index (κ1) is 28.9. The Morgan fingerprint density at radius 2 is 1.98 bits per heavy atom. The summed E-state index contributed by atoms with van der Waals surface area (Å²) in [6, 6.07) is 12.9. The average molecular weight is 585 g/mol. The molecular weight excluding hydrogens is 551 g/mol. The van der Waals surface area contributed by atoms with E-state index in [0.717, 1.165) is 10.8 Å². The number of carbonyl (C=O) groups is 1. The highest BCUT2D eigenvalue weighted by Crippen LogP contribution is 2.52. The van der Waals surface area contributed by atoms with Gasteiger partial charge in [-0.1, -0.05) is 43.3 Å². The third kappa shape index (κ3) is 6.36. The van der Waals surface area contributed by atoms with Crippen molar-refractivity contribution < 1.29 is 33.0 Å². The number of aromatic amines is 1. The lowest BCUT2D eigenvalue weighted by molar-refractivity contribution is -0.151. The first-order chi connectivity index (χ1) is 19.5. The summed E-state index contributed by atoms with van der Waals surface area (Å²) < 4.78 is 39.1. The Balaban J connectivity index is 1.36. The Kier molecular flexibility index (Phi) is 8.28. The maximum Gasteiger partial charge on any atom is 0.380 e. The van der Waals surface area contributed by atoms with Gasteiger partial charge in [0.1, 0.15) is 23.9 Å². The van der Waals surface area contributed by atoms with E-state index in [1.54, 1.807) is 44.4 Å². The Hall–Kier alpha value is -3.57. The van der Waals surface area contributed by atoms with Crippen molar-refractivity contribution in [3.63, 3.8) is 0 Å². The predicted molar refractivity (Wildman–Crippen MR) is 151 cm³/mol. The zero-order chi connectivity index (χ0) is 29.3. The highest BCUT2D eigenvalue weighted by molar-refractivity contribution is 7.54. The van der Waals surface area contributed by atoms with Crippen LogP contribution in [0.5, 0.6) is 5.75 Å². The fourth-order valence-electron chi connectivity index (χ4n) is 4.77. The molecule has 218 valence electrons. The highest BCUT2D eigenvalue weighted by Gasteiger charge is 2.40. The van der Waals surface area contributed by atoms with Gasteiger partial charge in [-0.3, -0.25) is 18.7 Å². The van der Waals surface area contributed by atoms with Crippen molar-refractivity contribution in [2.45, 2.75) is 58.7 Å². The van der Waals surface area contributed by atoms with Gasteiger partial charge in [-0.25, -0.2) is 14.5 Å². The fraction of sp³-hybridized carbons (Fsp3) is 0.429. The van der Waals surface area contributed by atoms with Crippen molar-refractivity contribution in [2.75, 3.05) is 12.8 Å². The predicted octanol–water partition coefficient (Wildman–Crippen LogP) is 4.11. The first-order valence-corrected chi connectivity index (χ1v) is 15.1. The molecule has 3 heterocycles. The van der Waals surface area contributed by atoms with Crippen molar-refractivity contribution in [1.29, 1.82) is 0 Å². The number of H-pyrrole nitrogens is 1. The van der Waals surface area contributed by atoms with Gasteiger partial charge in [-0.15, -0.1) is 0 Å². The lowest BCUT2D eigenvalue weighted by Crippen LogP contribution is -2.28. The number of hydrogen-bond donors (Lipinski definition) is 2. The third-order valence-corrected chi connectivity index (χ3v) is 8.75. The number of aliphatic hydroxyl groups excluding tert-OH is 1. The van der Waals surface area contributed by atoms with Crippen LogP contribution in [0.25, 0.3) is 21.9 Å². The van der Waals surface area contributed by atoms with E-state index in [1.165, 1.54) is 6.33 Å². The smallest absolute Gasteiger partial charge is 0.380 e. The molecule has 0 radical (unpaired) electrons. The summed E-state index contributed by atoms with van der Waals surface area (Å²) in [6.07, 6.45) is -1.52. The minimum Gasteiger partial charge on any atom is -0.463 e. The first-order valence-electron chi connectivity index (χ1n) is 13.4. The number of ether oxygens (including phenoxy) is 2. The molecule has 0 spiro atoms. The number of carbonyl (C=O) groups excluding carboxylic acids is 1. The number of aromatic nitrogens is 4. The molecular formula is C28H33N4O8P. The summed E-state index contributed by atoms with van der Waals surface area (Å²) >= 11 is 0. The molecule has 0 bridgehead atoms. The highest BCUT2D eigenvalue weighted by atomic mass is 31.2. The number of fused-ring (bicyclic) bond motifs is 2. The van der Waals surface area contributed by atoms with E-state index in [1.807, 2.05) is 30.3 Å². The quantitative estimate of drug-likeness (QED) is 0.206. The number of hydrogen-bond acceptors (Lipinski definition) is 10. The van der Waals surface area contributed by atoms with Gasteiger partial charge in [-0.2, -0.15) is 0 Å². The van der Waals surface area contributed by atoms with Crippen LogP contribution in [0, 0.1) is 12.8 Å². The minimum absolute atomic E-state index is 0.156. The summed E-state index contributed by atoms with van der Waals surface area (Å²) in [5.41, 5.74) is 0.109. The van der Waals surface area contributed by atoms with E-state index in [9.17, 15) is 19.3 Å². The molecule has 1 aliphatic heterocycles. The van der Waals surface area contributed by atoms with Gasteiger partial charge in [0.05, 0.1) is 37.2 Å². The molecule has 1 aliphatic rings. The van der Waals surface area contributed by atoms with Crippen molar-refractivity contribution >= 4 is 35.5 Å². The molecule has 0 aliphatic carbocycles. The topological polar surface area (TPSA) is 155 Å². The van der Waals surface area contributed by atoms with Gasteiger partial charge in [0.15, 0.2) is 11.2 Å². The number of rotatable bonds is 10. The van der Waals surface area contributed by atoms with Gasteiger partial charge in [-0.05, 0) is 32.2 Å². The second-order valence-electron chi connectivity index (χ2n) is 10.5. The molecule has 41 heavy (non-hydrogen) atoms. The SMILES string of the molecule is Cc1nc2c(ncn2[C@H]2CC(O)[C@@H](COP(=O)(C[C@@H](C)C(=O)OC(C)C)Oc3cccc4ccccc34)O2)c(=O)[nH]1. The van der Waals surface area contributed by atoms with Gasteiger partial charge in [0.2, 0.25) is 0 Å². The van der Waals surface area contributed by atoms with Crippen LogP contribution in [0.3, 0.4) is 0 Å². The van der Waals surface area contributed by atoms with Gasteiger partial charge < -0.3 is 24.1 Å². The van der Waals surface area contributed by atoms with Crippen LogP contribution in [0.4, 0.5) is 0 Å². The van der Waals surface area contributed by atoms with Crippen LogP contribution in [0.1, 0.15) is 39.2 Å². The molecule has 4 aromatic rings. The zero-order valence-corrected chi connectivity index (χ0v) is 24.1. The standard InChI is InChI=1S/C28H33N4O8P/c1-16(2)38-28(35)17(3)14-41(36,40-22-11-7-9-19-8-5-6-10-20(19)22)37-13-23-21(33)12-24(39-23)32-15-29-25-26(32)30-18(4)31-27(25)34/h5-11,15-17,21,23-24,33H,12-14H2,1-4H3,(H,30,31,34)/t17-,21?,23-,24-,41?/m1/s1. The van der Waals surface area contributed by atoms with E-state index in [0.29, 0.717) is 17.2 Å². The van der Waals surface area contributed by atoms with E-state index in [-0.39, 0.29) is 36.4 Å². The Morgan fingerprint density at radius 3 is 2.76 bits per heavy atom. The number of nitrogens with one attached hydrogen (secondary N) is 1. The van der Waals surface area contributed by atoms with E-state index in [4.69, 9.17) is 18.5 Å². The molecule has 12 nitrogen and oxygen atoms in total. The van der Waals surface area contributed by atoms with Gasteiger partial charge in [0, 0.05) is 11.8 Å². The molecule has 5 atom stereocenters. The Labute approximate surface area is 236 Å². The molecule has 13 heteroatoms. The summed E-state index contributed by atoms with van der Waals surface area (Å²) in [7, 11) is -3.98. The molecule has 2 N–H and O–H groups in total. The molecule has 1 saturated heterocycles. The van der Waals surface area contributed by atoms with Crippen LogP contribution in [-0.4, -0.2) is 61.7 Å². The Morgan fingerprint density at radius 1 is 1.22 bits per heavy atom. The van der Waals surface area contributed by atoms with Gasteiger partial charge >= 0.3 is 13.6 Å².